The summed E-state index contributed by atoms with van der Waals surface area (Å²) in [5, 5.41) is 1.45. The minimum absolute atomic E-state index is 0.318. The normalized spacial score (nSPS) is 17.9. The maximum absolute atomic E-state index is 14.4. The summed E-state index contributed by atoms with van der Waals surface area (Å²) in [6.45, 7) is 4.12. The Balaban J connectivity index is 1.94. The second-order valence-corrected chi connectivity index (χ2v) is 7.15. The quantitative estimate of drug-likeness (QED) is 0.622. The average molecular weight is 356 g/mol. The van der Waals surface area contributed by atoms with Crippen LogP contribution < -0.4 is 4.90 Å². The molecule has 1 aromatic heterocycles. The van der Waals surface area contributed by atoms with E-state index in [0.29, 0.717) is 16.5 Å². The van der Waals surface area contributed by atoms with Gasteiger partial charge < -0.3 is 4.90 Å². The Kier molecular flexibility index (Phi) is 4.30. The van der Waals surface area contributed by atoms with Crippen LogP contribution in [0.3, 0.4) is 0 Å². The van der Waals surface area contributed by atoms with Crippen LogP contribution in [0.4, 0.5) is 10.2 Å². The number of aromatic nitrogens is 2. The van der Waals surface area contributed by atoms with E-state index in [9.17, 15) is 4.39 Å². The lowest BCUT2D eigenvalue weighted by molar-refractivity contribution is 0.445. The van der Waals surface area contributed by atoms with E-state index in [1.165, 1.54) is 18.8 Å². The van der Waals surface area contributed by atoms with Crippen LogP contribution in [0.5, 0.6) is 0 Å². The lowest BCUT2D eigenvalue weighted by Crippen LogP contribution is -2.35. The molecule has 2 aromatic carbocycles. The Bertz CT molecular complexity index is 911. The number of anilines is 1. The zero-order valence-electron chi connectivity index (χ0n) is 14.0. The number of rotatable bonds is 2. The molecule has 0 spiro atoms. The predicted molar refractivity (Wildman–Crippen MR) is 101 cm³/mol. The van der Waals surface area contributed by atoms with Crippen molar-refractivity contribution < 1.29 is 4.39 Å². The molecule has 1 aliphatic rings. The van der Waals surface area contributed by atoms with Crippen LogP contribution in [-0.4, -0.2) is 23.1 Å². The molecule has 1 fully saturated rings. The predicted octanol–water partition coefficient (Wildman–Crippen LogP) is 5.33. The van der Waals surface area contributed by atoms with Crippen molar-refractivity contribution in [2.45, 2.75) is 19.8 Å². The van der Waals surface area contributed by atoms with Gasteiger partial charge in [-0.1, -0.05) is 36.7 Å². The summed E-state index contributed by atoms with van der Waals surface area (Å²) >= 11 is 6.02. The molecule has 0 aliphatic carbocycles. The molecule has 0 radical (unpaired) electrons. The molecule has 4 rings (SSSR count). The molecule has 128 valence electrons. The molecule has 1 saturated heterocycles. The monoisotopic (exact) mass is 355 g/mol. The van der Waals surface area contributed by atoms with E-state index in [2.05, 4.69) is 21.8 Å². The standard InChI is InChI=1S/C20H19ClFN3/c1-13-3-2-10-25(11-13)20-18-16(14-4-6-15(21)7-5-14)8-9-17(22)19(18)23-12-24-20/h4-9,12-13H,2-3,10-11H2,1H3. The Hall–Kier alpha value is -2.20. The summed E-state index contributed by atoms with van der Waals surface area (Å²) in [5.74, 6) is 1.11. The van der Waals surface area contributed by atoms with Gasteiger partial charge in [-0.2, -0.15) is 0 Å². The van der Waals surface area contributed by atoms with Gasteiger partial charge in [-0.3, -0.25) is 0 Å². The third-order valence-corrected chi connectivity index (χ3v) is 5.08. The van der Waals surface area contributed by atoms with Crippen molar-refractivity contribution in [3.63, 3.8) is 0 Å². The van der Waals surface area contributed by atoms with Gasteiger partial charge in [0.05, 0.1) is 5.39 Å². The number of piperidine rings is 1. The van der Waals surface area contributed by atoms with E-state index in [1.807, 2.05) is 24.3 Å². The summed E-state index contributed by atoms with van der Waals surface area (Å²) < 4.78 is 14.4. The third kappa shape index (κ3) is 3.07. The Labute approximate surface area is 151 Å². The van der Waals surface area contributed by atoms with E-state index in [0.717, 1.165) is 41.8 Å². The fourth-order valence-electron chi connectivity index (χ4n) is 3.62. The molecule has 25 heavy (non-hydrogen) atoms. The van der Waals surface area contributed by atoms with Crippen molar-refractivity contribution in [1.82, 2.24) is 9.97 Å². The van der Waals surface area contributed by atoms with Gasteiger partial charge >= 0.3 is 0 Å². The topological polar surface area (TPSA) is 29.0 Å². The van der Waals surface area contributed by atoms with E-state index >= 15 is 0 Å². The Morgan fingerprint density at radius 2 is 1.92 bits per heavy atom. The first kappa shape index (κ1) is 16.3. The van der Waals surface area contributed by atoms with Gasteiger partial charge in [0.25, 0.3) is 0 Å². The van der Waals surface area contributed by atoms with Crippen molar-refractivity contribution in [3.8, 4) is 11.1 Å². The first-order valence-corrected chi connectivity index (χ1v) is 8.95. The second-order valence-electron chi connectivity index (χ2n) is 6.72. The number of benzene rings is 2. The number of hydrogen-bond acceptors (Lipinski definition) is 3. The van der Waals surface area contributed by atoms with Gasteiger partial charge in [0.1, 0.15) is 23.5 Å². The molecule has 0 bridgehead atoms. The van der Waals surface area contributed by atoms with Gasteiger partial charge in [-0.25, -0.2) is 14.4 Å². The summed E-state index contributed by atoms with van der Waals surface area (Å²) in [5.41, 5.74) is 2.29. The zero-order chi connectivity index (χ0) is 17.4. The Morgan fingerprint density at radius 1 is 1.12 bits per heavy atom. The second kappa shape index (κ2) is 6.60. The lowest BCUT2D eigenvalue weighted by atomic mass is 9.97. The molecule has 5 heteroatoms. The number of halogens is 2. The average Bonchev–Trinajstić information content (AvgIpc) is 2.63. The van der Waals surface area contributed by atoms with Crippen molar-refractivity contribution in [2.24, 2.45) is 5.92 Å². The van der Waals surface area contributed by atoms with Crippen LogP contribution in [0.2, 0.25) is 5.02 Å². The molecule has 3 nitrogen and oxygen atoms in total. The summed E-state index contributed by atoms with van der Waals surface area (Å²) in [7, 11) is 0. The molecule has 0 N–H and O–H groups in total. The van der Waals surface area contributed by atoms with Crippen molar-refractivity contribution in [1.29, 1.82) is 0 Å². The van der Waals surface area contributed by atoms with Crippen LogP contribution in [0.15, 0.2) is 42.7 Å². The molecule has 0 amide bonds. The SMILES string of the molecule is CC1CCCN(c2ncnc3c(F)ccc(-c4ccc(Cl)cc4)c23)C1. The fourth-order valence-corrected chi connectivity index (χ4v) is 3.74. The first-order valence-electron chi connectivity index (χ1n) is 8.57. The molecule has 3 aromatic rings. The highest BCUT2D eigenvalue weighted by atomic mass is 35.5. The highest BCUT2D eigenvalue weighted by molar-refractivity contribution is 6.30. The van der Waals surface area contributed by atoms with Gasteiger partial charge in [0, 0.05) is 18.1 Å². The van der Waals surface area contributed by atoms with E-state index < -0.39 is 0 Å². The Morgan fingerprint density at radius 3 is 2.68 bits per heavy atom. The van der Waals surface area contributed by atoms with Crippen molar-refractivity contribution >= 4 is 28.3 Å². The smallest absolute Gasteiger partial charge is 0.149 e. The maximum atomic E-state index is 14.4. The minimum atomic E-state index is -0.318. The molecular weight excluding hydrogens is 337 g/mol. The van der Waals surface area contributed by atoms with Crippen LogP contribution in [-0.2, 0) is 0 Å². The van der Waals surface area contributed by atoms with Gasteiger partial charge in [-0.15, -0.1) is 0 Å². The van der Waals surface area contributed by atoms with Crippen LogP contribution in [0.1, 0.15) is 19.8 Å². The number of nitrogens with zero attached hydrogens (tertiary/aromatic N) is 3. The third-order valence-electron chi connectivity index (χ3n) is 4.83. The molecule has 0 saturated carbocycles. The van der Waals surface area contributed by atoms with Crippen LogP contribution in [0.25, 0.3) is 22.0 Å². The van der Waals surface area contributed by atoms with Gasteiger partial charge in [-0.05, 0) is 48.1 Å². The summed E-state index contributed by atoms with van der Waals surface area (Å²) in [4.78, 5) is 11.0. The van der Waals surface area contributed by atoms with Crippen molar-refractivity contribution in [2.75, 3.05) is 18.0 Å². The van der Waals surface area contributed by atoms with Crippen LogP contribution >= 0.6 is 11.6 Å². The largest absolute Gasteiger partial charge is 0.356 e. The van der Waals surface area contributed by atoms with E-state index in [-0.39, 0.29) is 5.82 Å². The van der Waals surface area contributed by atoms with Crippen LogP contribution in [0, 0.1) is 11.7 Å². The number of hydrogen-bond donors (Lipinski definition) is 0. The molecular formula is C20H19ClFN3. The van der Waals surface area contributed by atoms with E-state index in [1.54, 1.807) is 6.07 Å². The van der Waals surface area contributed by atoms with Gasteiger partial charge in [0.15, 0.2) is 0 Å². The molecule has 1 atom stereocenters. The summed E-state index contributed by atoms with van der Waals surface area (Å²) in [6.07, 6.45) is 3.81. The highest BCUT2D eigenvalue weighted by Gasteiger charge is 2.22. The minimum Gasteiger partial charge on any atom is -0.356 e. The highest BCUT2D eigenvalue weighted by Crippen LogP contribution is 2.36. The zero-order valence-corrected chi connectivity index (χ0v) is 14.8. The molecule has 1 aliphatic heterocycles. The fraction of sp³-hybridized carbons (Fsp3) is 0.300. The first-order chi connectivity index (χ1) is 12.1. The molecule has 2 heterocycles. The summed E-state index contributed by atoms with van der Waals surface area (Å²) in [6, 6.07) is 10.9. The number of fused-ring (bicyclic) bond motifs is 1. The molecule has 1 unspecified atom stereocenters. The van der Waals surface area contributed by atoms with Crippen molar-refractivity contribution in [3.05, 3.63) is 53.6 Å². The maximum Gasteiger partial charge on any atom is 0.149 e. The van der Waals surface area contributed by atoms with Gasteiger partial charge in [0.2, 0.25) is 0 Å². The van der Waals surface area contributed by atoms with E-state index in [4.69, 9.17) is 11.6 Å². The lowest BCUT2D eigenvalue weighted by Gasteiger charge is -2.32.